The largest absolute Gasteiger partial charge is 0.287 e. The Morgan fingerprint density at radius 2 is 1.88 bits per heavy atom. The molecule has 0 radical (unpaired) electrons. The Morgan fingerprint density at radius 1 is 1.12 bits per heavy atom. The first-order valence-corrected chi connectivity index (χ1v) is 7.81. The number of allylic oxidation sites excluding steroid dienone is 1. The zero-order chi connectivity index (χ0) is 17.8. The van der Waals surface area contributed by atoms with Crippen molar-refractivity contribution >= 4 is 11.9 Å². The molecule has 0 unspecified atom stereocenters. The molecule has 122 valence electrons. The van der Waals surface area contributed by atoms with Crippen LogP contribution in [0.2, 0.25) is 0 Å². The fourth-order valence-electron chi connectivity index (χ4n) is 2.45. The van der Waals surface area contributed by atoms with Gasteiger partial charge in [-0.15, -0.1) is 5.10 Å². The van der Waals surface area contributed by atoms with E-state index in [0.29, 0.717) is 17.0 Å². The third kappa shape index (κ3) is 3.54. The predicted molar refractivity (Wildman–Crippen MR) is 95.4 cm³/mol. The topological polar surface area (TPSA) is 71.6 Å². The van der Waals surface area contributed by atoms with Crippen LogP contribution >= 0.6 is 0 Å². The molecule has 0 aliphatic rings. The Balaban J connectivity index is 1.83. The minimum Gasteiger partial charge on any atom is -0.287 e. The molecule has 3 rings (SSSR count). The first-order valence-electron chi connectivity index (χ1n) is 7.81. The highest BCUT2D eigenvalue weighted by Crippen LogP contribution is 2.13. The summed E-state index contributed by atoms with van der Waals surface area (Å²) in [6.45, 7) is 3.63. The number of aromatic nitrogens is 3. The Morgan fingerprint density at radius 3 is 2.56 bits per heavy atom. The molecule has 0 saturated carbocycles. The van der Waals surface area contributed by atoms with Gasteiger partial charge in [0.15, 0.2) is 5.69 Å². The van der Waals surface area contributed by atoms with Crippen LogP contribution < -0.4 is 0 Å². The van der Waals surface area contributed by atoms with Crippen molar-refractivity contribution in [3.05, 3.63) is 82.7 Å². The lowest BCUT2D eigenvalue weighted by Crippen LogP contribution is -2.01. The zero-order valence-corrected chi connectivity index (χ0v) is 14.0. The molecular formula is C20H16N4O. The Kier molecular flexibility index (Phi) is 4.53. The molecular weight excluding hydrogens is 312 g/mol. The molecule has 0 bridgehead atoms. The number of ketones is 1. The summed E-state index contributed by atoms with van der Waals surface area (Å²) in [4.78, 5) is 13.9. The Labute approximate surface area is 145 Å². The number of hydrogen-bond donors (Lipinski definition) is 0. The highest BCUT2D eigenvalue weighted by Gasteiger charge is 2.14. The molecule has 0 aliphatic heterocycles. The monoisotopic (exact) mass is 328 g/mol. The van der Waals surface area contributed by atoms with E-state index < -0.39 is 0 Å². The molecule has 0 N–H and O–H groups in total. The van der Waals surface area contributed by atoms with Crippen molar-refractivity contribution < 1.29 is 4.79 Å². The molecule has 25 heavy (non-hydrogen) atoms. The lowest BCUT2D eigenvalue weighted by Gasteiger charge is -1.98. The number of aryl methyl sites for hydroxylation is 2. The number of carbonyl (C=O) groups excluding carboxylic acids is 1. The Hall–Kier alpha value is -3.52. The molecule has 0 amide bonds. The average molecular weight is 328 g/mol. The van der Waals surface area contributed by atoms with Crippen LogP contribution in [0.25, 0.3) is 11.8 Å². The van der Waals surface area contributed by atoms with E-state index in [-0.39, 0.29) is 5.78 Å². The maximum absolute atomic E-state index is 12.4. The quantitative estimate of drug-likeness (QED) is 0.541. The van der Waals surface area contributed by atoms with Gasteiger partial charge in [-0.25, -0.2) is 0 Å². The van der Waals surface area contributed by atoms with E-state index >= 15 is 0 Å². The van der Waals surface area contributed by atoms with Gasteiger partial charge in [-0.2, -0.15) is 15.2 Å². The molecule has 5 nitrogen and oxygen atoms in total. The molecule has 0 aliphatic carbocycles. The SMILES string of the molecule is Cc1cc(/C=C/C(=O)c2nn(-c3ccccc3)nc2C)ccc1C#N. The first kappa shape index (κ1) is 16.3. The van der Waals surface area contributed by atoms with Crippen LogP contribution in [0.5, 0.6) is 0 Å². The van der Waals surface area contributed by atoms with Crippen molar-refractivity contribution in [2.45, 2.75) is 13.8 Å². The van der Waals surface area contributed by atoms with Gasteiger partial charge in [-0.3, -0.25) is 4.79 Å². The van der Waals surface area contributed by atoms with Gasteiger partial charge in [0.2, 0.25) is 5.78 Å². The molecule has 0 atom stereocenters. The van der Waals surface area contributed by atoms with Crippen molar-refractivity contribution in [1.82, 2.24) is 15.0 Å². The number of nitriles is 1. The van der Waals surface area contributed by atoms with Crippen molar-refractivity contribution in [2.75, 3.05) is 0 Å². The van der Waals surface area contributed by atoms with Crippen LogP contribution in [0.1, 0.15) is 32.9 Å². The predicted octanol–water partition coefficient (Wildman–Crippen LogP) is 3.65. The summed E-state index contributed by atoms with van der Waals surface area (Å²) < 4.78 is 0. The van der Waals surface area contributed by atoms with Gasteiger partial charge in [0.25, 0.3) is 0 Å². The van der Waals surface area contributed by atoms with E-state index in [4.69, 9.17) is 5.26 Å². The van der Waals surface area contributed by atoms with E-state index in [1.54, 1.807) is 19.1 Å². The summed E-state index contributed by atoms with van der Waals surface area (Å²) in [6, 6.07) is 17.0. The lowest BCUT2D eigenvalue weighted by atomic mass is 10.1. The van der Waals surface area contributed by atoms with E-state index in [1.807, 2.05) is 49.4 Å². The number of para-hydroxylation sites is 1. The van der Waals surface area contributed by atoms with Crippen molar-refractivity contribution in [1.29, 1.82) is 5.26 Å². The van der Waals surface area contributed by atoms with Crippen LogP contribution in [0.4, 0.5) is 0 Å². The highest BCUT2D eigenvalue weighted by atomic mass is 16.1. The van der Waals surface area contributed by atoms with Gasteiger partial charge in [0, 0.05) is 0 Å². The normalized spacial score (nSPS) is 10.8. The fraction of sp³-hybridized carbons (Fsp3) is 0.100. The van der Waals surface area contributed by atoms with Crippen LogP contribution in [0, 0.1) is 25.2 Å². The van der Waals surface area contributed by atoms with Gasteiger partial charge in [0.05, 0.1) is 23.0 Å². The number of hydrogen-bond acceptors (Lipinski definition) is 4. The molecule has 1 aromatic heterocycles. The number of rotatable bonds is 4. The number of carbonyl (C=O) groups is 1. The van der Waals surface area contributed by atoms with Crippen molar-refractivity contribution in [3.63, 3.8) is 0 Å². The minimum atomic E-state index is -0.207. The highest BCUT2D eigenvalue weighted by molar-refractivity contribution is 6.06. The van der Waals surface area contributed by atoms with E-state index in [1.165, 1.54) is 10.9 Å². The summed E-state index contributed by atoms with van der Waals surface area (Å²) in [5.41, 5.74) is 4.07. The third-order valence-corrected chi connectivity index (χ3v) is 3.80. The molecule has 0 saturated heterocycles. The second-order valence-electron chi connectivity index (χ2n) is 5.64. The average Bonchev–Trinajstić information content (AvgIpc) is 3.02. The van der Waals surface area contributed by atoms with Gasteiger partial charge in [0.1, 0.15) is 0 Å². The van der Waals surface area contributed by atoms with Crippen LogP contribution in [-0.2, 0) is 0 Å². The summed E-state index contributed by atoms with van der Waals surface area (Å²) in [5.74, 6) is -0.207. The summed E-state index contributed by atoms with van der Waals surface area (Å²) in [6.07, 6.45) is 3.20. The second kappa shape index (κ2) is 6.93. The van der Waals surface area contributed by atoms with Gasteiger partial charge >= 0.3 is 0 Å². The molecule has 1 heterocycles. The van der Waals surface area contributed by atoms with Crippen LogP contribution in [0.3, 0.4) is 0 Å². The maximum Gasteiger partial charge on any atom is 0.208 e. The molecule has 0 spiro atoms. The lowest BCUT2D eigenvalue weighted by molar-refractivity contribution is 0.104. The standard InChI is InChI=1S/C20H16N4O/c1-14-12-16(8-10-17(14)13-21)9-11-19(25)20-15(2)22-24(23-20)18-6-4-3-5-7-18/h3-12H,1-2H3/b11-9+. The number of nitrogens with zero attached hydrogens (tertiary/aromatic N) is 4. The molecule has 5 heteroatoms. The number of benzene rings is 2. The summed E-state index contributed by atoms with van der Waals surface area (Å²) in [5, 5.41) is 17.6. The first-order chi connectivity index (χ1) is 12.1. The van der Waals surface area contributed by atoms with E-state index in [0.717, 1.165) is 16.8 Å². The molecule has 2 aromatic carbocycles. The third-order valence-electron chi connectivity index (χ3n) is 3.80. The zero-order valence-electron chi connectivity index (χ0n) is 14.0. The van der Waals surface area contributed by atoms with Crippen LogP contribution in [0.15, 0.2) is 54.6 Å². The Bertz CT molecular complexity index is 994. The van der Waals surface area contributed by atoms with E-state index in [2.05, 4.69) is 16.3 Å². The smallest absolute Gasteiger partial charge is 0.208 e. The summed E-state index contributed by atoms with van der Waals surface area (Å²) >= 11 is 0. The fourth-order valence-corrected chi connectivity index (χ4v) is 2.45. The van der Waals surface area contributed by atoms with E-state index in [9.17, 15) is 4.79 Å². The maximum atomic E-state index is 12.4. The summed E-state index contributed by atoms with van der Waals surface area (Å²) in [7, 11) is 0. The molecule has 0 fully saturated rings. The van der Waals surface area contributed by atoms with Crippen LogP contribution in [-0.4, -0.2) is 20.8 Å². The van der Waals surface area contributed by atoms with Gasteiger partial charge in [-0.05, 0) is 49.2 Å². The molecule has 3 aromatic rings. The second-order valence-corrected chi connectivity index (χ2v) is 5.64. The minimum absolute atomic E-state index is 0.207. The van der Waals surface area contributed by atoms with Gasteiger partial charge in [-0.1, -0.05) is 36.4 Å². The van der Waals surface area contributed by atoms with Gasteiger partial charge < -0.3 is 0 Å². The van der Waals surface area contributed by atoms with Crippen molar-refractivity contribution in [3.8, 4) is 11.8 Å². The van der Waals surface area contributed by atoms with Crippen molar-refractivity contribution in [2.24, 2.45) is 0 Å².